The molecule has 0 saturated heterocycles. The van der Waals surface area contributed by atoms with Gasteiger partial charge < -0.3 is 10.4 Å². The molecule has 0 spiro atoms. The Morgan fingerprint density at radius 2 is 1.76 bits per heavy atom. The lowest BCUT2D eigenvalue weighted by molar-refractivity contribution is -0.178. The largest absolute Gasteiger partial charge is 0.390 e. The maximum Gasteiger partial charge on any atom is 0.226 e. The fraction of sp³-hybridized carbons (Fsp3) is 0.944. The predicted octanol–water partition coefficient (Wildman–Crippen LogP) is 3.26. The van der Waals surface area contributed by atoms with Crippen molar-refractivity contribution in [3.8, 4) is 0 Å². The molecule has 4 bridgehead atoms. The second kappa shape index (κ2) is 5.26. The van der Waals surface area contributed by atoms with Crippen LogP contribution >= 0.6 is 0 Å². The van der Waals surface area contributed by atoms with Crippen LogP contribution in [-0.2, 0) is 4.79 Å². The molecule has 0 aromatic rings. The number of hydrogen-bond acceptors (Lipinski definition) is 2. The molecule has 5 atom stereocenters. The van der Waals surface area contributed by atoms with E-state index in [2.05, 4.69) is 26.1 Å². The van der Waals surface area contributed by atoms with Crippen molar-refractivity contribution >= 4 is 5.91 Å². The maximum atomic E-state index is 12.9. The van der Waals surface area contributed by atoms with Crippen molar-refractivity contribution in [1.82, 2.24) is 5.32 Å². The van der Waals surface area contributed by atoms with Crippen LogP contribution in [0.2, 0.25) is 0 Å². The number of amides is 1. The highest BCUT2D eigenvalue weighted by Crippen LogP contribution is 2.61. The Morgan fingerprint density at radius 3 is 2.29 bits per heavy atom. The molecule has 3 nitrogen and oxygen atoms in total. The first-order chi connectivity index (χ1) is 9.80. The first-order valence-corrected chi connectivity index (χ1v) is 8.84. The zero-order chi connectivity index (χ0) is 15.3. The van der Waals surface area contributed by atoms with E-state index in [4.69, 9.17) is 0 Å². The highest BCUT2D eigenvalue weighted by molar-refractivity contribution is 5.83. The molecule has 0 radical (unpaired) electrons. The van der Waals surface area contributed by atoms with Gasteiger partial charge in [-0.1, -0.05) is 13.8 Å². The van der Waals surface area contributed by atoms with Gasteiger partial charge in [0.2, 0.25) is 5.91 Å². The van der Waals surface area contributed by atoms with Gasteiger partial charge in [-0.05, 0) is 76.0 Å². The Labute approximate surface area is 128 Å². The molecule has 4 saturated carbocycles. The first kappa shape index (κ1) is 15.3. The van der Waals surface area contributed by atoms with Crippen molar-refractivity contribution in [3.05, 3.63) is 0 Å². The highest BCUT2D eigenvalue weighted by atomic mass is 16.3. The summed E-state index contributed by atoms with van der Waals surface area (Å²) in [6.07, 6.45) is 8.03. The summed E-state index contributed by atoms with van der Waals surface area (Å²) in [5, 5.41) is 14.0. The summed E-state index contributed by atoms with van der Waals surface area (Å²) < 4.78 is 0. The average Bonchev–Trinajstić information content (AvgIpc) is 2.33. The summed E-state index contributed by atoms with van der Waals surface area (Å²) in [7, 11) is 0. The first-order valence-electron chi connectivity index (χ1n) is 8.84. The molecule has 4 aliphatic rings. The fourth-order valence-electron chi connectivity index (χ4n) is 5.51. The summed E-state index contributed by atoms with van der Waals surface area (Å²) in [6.45, 7) is 6.57. The van der Waals surface area contributed by atoms with Crippen molar-refractivity contribution in [2.75, 3.05) is 0 Å². The molecular formula is C18H31NO2. The minimum atomic E-state index is -0.539. The quantitative estimate of drug-likeness (QED) is 0.817. The molecule has 3 heteroatoms. The number of carbonyl (C=O) groups is 1. The van der Waals surface area contributed by atoms with Crippen LogP contribution in [-0.4, -0.2) is 22.7 Å². The third-order valence-corrected chi connectivity index (χ3v) is 6.07. The van der Waals surface area contributed by atoms with Gasteiger partial charge >= 0.3 is 0 Å². The van der Waals surface area contributed by atoms with Crippen LogP contribution in [0, 0.1) is 23.2 Å². The van der Waals surface area contributed by atoms with E-state index < -0.39 is 5.60 Å². The number of nitrogens with one attached hydrogen (secondary N) is 1. The van der Waals surface area contributed by atoms with E-state index in [1.54, 1.807) is 0 Å². The Kier molecular flexibility index (Phi) is 3.84. The van der Waals surface area contributed by atoms with Gasteiger partial charge in [0.05, 0.1) is 11.0 Å². The van der Waals surface area contributed by atoms with Crippen molar-refractivity contribution in [1.29, 1.82) is 0 Å². The second-order valence-corrected chi connectivity index (χ2v) is 8.81. The predicted molar refractivity (Wildman–Crippen MR) is 83.7 cm³/mol. The molecule has 1 amide bonds. The fourth-order valence-corrected chi connectivity index (χ4v) is 5.51. The summed E-state index contributed by atoms with van der Waals surface area (Å²) in [5.74, 6) is 2.07. The third-order valence-electron chi connectivity index (χ3n) is 6.07. The van der Waals surface area contributed by atoms with Crippen molar-refractivity contribution in [2.45, 2.75) is 83.8 Å². The summed E-state index contributed by atoms with van der Waals surface area (Å²) in [6, 6.07) is 0.252. The summed E-state index contributed by atoms with van der Waals surface area (Å²) in [4.78, 5) is 12.9. The van der Waals surface area contributed by atoms with E-state index in [-0.39, 0.29) is 17.4 Å². The lowest BCUT2D eigenvalue weighted by Gasteiger charge is -2.59. The SMILES string of the molecule is CC(C)CC[C@H](C)NC(=O)C12C[C@@H]3C[C@@H](CC(O)(C3)C1)C2. The number of rotatable bonds is 5. The van der Waals surface area contributed by atoms with E-state index in [1.807, 2.05) is 0 Å². The molecular weight excluding hydrogens is 262 g/mol. The zero-order valence-electron chi connectivity index (χ0n) is 13.8. The topological polar surface area (TPSA) is 49.3 Å². The van der Waals surface area contributed by atoms with Gasteiger partial charge in [0.1, 0.15) is 0 Å². The Morgan fingerprint density at radius 1 is 1.14 bits per heavy atom. The highest BCUT2D eigenvalue weighted by Gasteiger charge is 2.60. The molecule has 4 aliphatic carbocycles. The number of carbonyl (C=O) groups excluding carboxylic acids is 1. The molecule has 0 heterocycles. The Balaban J connectivity index is 1.64. The van der Waals surface area contributed by atoms with Gasteiger partial charge in [-0.15, -0.1) is 0 Å². The Hall–Kier alpha value is -0.570. The molecule has 0 aliphatic heterocycles. The van der Waals surface area contributed by atoms with Gasteiger partial charge in [0, 0.05) is 6.04 Å². The average molecular weight is 293 g/mol. The van der Waals surface area contributed by atoms with Crippen LogP contribution in [0.5, 0.6) is 0 Å². The van der Waals surface area contributed by atoms with Gasteiger partial charge in [-0.3, -0.25) is 4.79 Å². The van der Waals surface area contributed by atoms with Crippen LogP contribution in [0.3, 0.4) is 0 Å². The molecule has 0 aromatic heterocycles. The zero-order valence-corrected chi connectivity index (χ0v) is 13.8. The molecule has 21 heavy (non-hydrogen) atoms. The maximum absolute atomic E-state index is 12.9. The van der Waals surface area contributed by atoms with Crippen molar-refractivity contribution < 1.29 is 9.90 Å². The molecule has 2 unspecified atom stereocenters. The third kappa shape index (κ3) is 2.99. The van der Waals surface area contributed by atoms with E-state index in [0.717, 1.165) is 38.5 Å². The molecule has 120 valence electrons. The van der Waals surface area contributed by atoms with Crippen molar-refractivity contribution in [2.24, 2.45) is 23.2 Å². The molecule has 4 rings (SSSR count). The Bertz CT molecular complexity index is 403. The van der Waals surface area contributed by atoms with Gasteiger partial charge in [-0.2, -0.15) is 0 Å². The number of aliphatic hydroxyl groups is 1. The lowest BCUT2D eigenvalue weighted by Crippen LogP contribution is -2.61. The minimum Gasteiger partial charge on any atom is -0.390 e. The molecule has 2 N–H and O–H groups in total. The minimum absolute atomic E-state index is 0.228. The summed E-state index contributed by atoms with van der Waals surface area (Å²) in [5.41, 5.74) is -0.798. The van der Waals surface area contributed by atoms with Crippen LogP contribution in [0.15, 0.2) is 0 Å². The van der Waals surface area contributed by atoms with Crippen LogP contribution in [0.25, 0.3) is 0 Å². The van der Waals surface area contributed by atoms with Gasteiger partial charge in [0.25, 0.3) is 0 Å². The lowest BCUT2D eigenvalue weighted by atomic mass is 9.47. The number of hydrogen-bond donors (Lipinski definition) is 2. The van der Waals surface area contributed by atoms with Crippen LogP contribution in [0.1, 0.15) is 72.1 Å². The van der Waals surface area contributed by atoms with Crippen LogP contribution < -0.4 is 5.32 Å². The smallest absolute Gasteiger partial charge is 0.226 e. The van der Waals surface area contributed by atoms with E-state index in [0.29, 0.717) is 24.2 Å². The molecule has 0 aromatic carbocycles. The molecule has 4 fully saturated rings. The monoisotopic (exact) mass is 293 g/mol. The normalized spacial score (nSPS) is 42.3. The summed E-state index contributed by atoms with van der Waals surface area (Å²) >= 11 is 0. The van der Waals surface area contributed by atoms with Crippen LogP contribution in [0.4, 0.5) is 0 Å². The van der Waals surface area contributed by atoms with Gasteiger partial charge in [-0.25, -0.2) is 0 Å². The standard InChI is InChI=1S/C18H31NO2/c1-12(2)4-5-13(3)19-16(20)17-7-14-6-15(8-17)10-18(21,9-14)11-17/h12-15,21H,4-11H2,1-3H3,(H,19,20)/t13-,14-,15+,17?,18?/m0/s1. The van der Waals surface area contributed by atoms with E-state index >= 15 is 0 Å². The second-order valence-electron chi connectivity index (χ2n) is 8.81. The van der Waals surface area contributed by atoms with Crippen molar-refractivity contribution in [3.63, 3.8) is 0 Å². The van der Waals surface area contributed by atoms with Gasteiger partial charge in [0.15, 0.2) is 0 Å². The van der Waals surface area contributed by atoms with E-state index in [1.165, 1.54) is 6.42 Å². The van der Waals surface area contributed by atoms with E-state index in [9.17, 15) is 9.90 Å².